The summed E-state index contributed by atoms with van der Waals surface area (Å²) in [6, 6.07) is -3.68. The topological polar surface area (TPSA) is 13.1 Å². The maximum absolute atomic E-state index is 9.86. The van der Waals surface area contributed by atoms with Crippen LogP contribution in [0.15, 0.2) is 186 Å². The largest absolute Gasteiger partial charge is 0.455 e. The number of hydrogen-bond donors (Lipinski definition) is 0. The monoisotopic (exact) mass is 644 g/mol. The van der Waals surface area contributed by atoms with Crippen molar-refractivity contribution >= 4 is 54.1 Å². The van der Waals surface area contributed by atoms with Crippen molar-refractivity contribution in [2.45, 2.75) is 0 Å². The molecule has 0 saturated heterocycles. The van der Waals surface area contributed by atoms with Crippen molar-refractivity contribution in [1.82, 2.24) is 0 Å². The first kappa shape index (κ1) is 13.6. The second kappa shape index (κ2) is 11.1. The van der Waals surface area contributed by atoms with E-state index in [4.69, 9.17) is 23.6 Å². The number of hydrogen-bond acceptors (Lipinski definition) is 1. The van der Waals surface area contributed by atoms with Gasteiger partial charge in [0, 0.05) is 27.6 Å². The Kier molecular flexibility index (Phi) is 3.07. The molecule has 1 heteroatoms. The second-order valence-corrected chi connectivity index (χ2v) is 11.1. The van der Waals surface area contributed by atoms with Gasteiger partial charge in [0.05, 0.1) is 30.2 Å². The van der Waals surface area contributed by atoms with E-state index in [1.165, 1.54) is 18.2 Å². The molecule has 9 aromatic carbocycles. The van der Waals surface area contributed by atoms with E-state index in [9.17, 15) is 11.0 Å². The van der Waals surface area contributed by atoms with E-state index in [1.807, 2.05) is 0 Å². The highest BCUT2D eigenvalue weighted by Gasteiger charge is 2.25. The molecule has 10 rings (SSSR count). The summed E-state index contributed by atoms with van der Waals surface area (Å²) < 4.78 is 205. The van der Waals surface area contributed by atoms with Crippen molar-refractivity contribution < 1.29 is 34.6 Å². The van der Waals surface area contributed by atoms with E-state index in [2.05, 4.69) is 0 Å². The van der Waals surface area contributed by atoms with Crippen molar-refractivity contribution in [3.8, 4) is 44.7 Å². The van der Waals surface area contributed by atoms with Crippen molar-refractivity contribution in [3.63, 3.8) is 0 Å². The van der Waals surface area contributed by atoms with E-state index in [0.717, 1.165) is 0 Å². The maximum atomic E-state index is 9.86. The molecule has 0 aliphatic heterocycles. The van der Waals surface area contributed by atoms with Gasteiger partial charge >= 0.3 is 0 Å². The SMILES string of the molecule is [2H]c1c([2H])c([2H])c(-c2cccc3c(-c4c5c([2H])c([2H])c([2H])c([2H])c5c(-c5ccccc5)c5c([2H])c([2H])c([2H])c([2H])c45)c(-c4c([2H])c([2H])c5c(c4[2H])c([2H])c([2H])c4c([2H])c([2H])c([2H])c([2H])c45)oc23)c([2H])c1[2H]. The fourth-order valence-electron chi connectivity index (χ4n) is 6.41. The molecule has 0 bridgehead atoms. The van der Waals surface area contributed by atoms with Crippen LogP contribution in [0.1, 0.15) is 30.2 Å². The Morgan fingerprint density at radius 1 is 0.367 bits per heavy atom. The van der Waals surface area contributed by atoms with Gasteiger partial charge in [0.25, 0.3) is 0 Å². The van der Waals surface area contributed by atoms with Crippen LogP contribution in [0.25, 0.3) is 98.8 Å². The number of fused-ring (bicyclic) bond motifs is 6. The molecule has 0 N–H and O–H groups in total. The predicted octanol–water partition coefficient (Wildman–Crippen LogP) is 13.7. The van der Waals surface area contributed by atoms with Gasteiger partial charge in [-0.05, 0) is 65.8 Å². The van der Waals surface area contributed by atoms with Crippen molar-refractivity contribution in [3.05, 3.63) is 181 Å². The maximum Gasteiger partial charge on any atom is 0.143 e. The molecule has 0 saturated carbocycles. The Bertz CT molecular complexity index is 4020. The van der Waals surface area contributed by atoms with Crippen molar-refractivity contribution in [2.75, 3.05) is 0 Å². The van der Waals surface area contributed by atoms with Gasteiger partial charge in [-0.25, -0.2) is 0 Å². The first-order valence-corrected chi connectivity index (χ1v) is 15.1. The summed E-state index contributed by atoms with van der Waals surface area (Å²) in [7, 11) is 0. The van der Waals surface area contributed by atoms with Gasteiger partial charge in [-0.1, -0.05) is 175 Å². The Morgan fingerprint density at radius 3 is 1.71 bits per heavy atom. The molecule has 0 unspecified atom stereocenters. The summed E-state index contributed by atoms with van der Waals surface area (Å²) in [4.78, 5) is 0. The first-order chi connectivity index (χ1) is 33.5. The lowest BCUT2D eigenvalue weighted by molar-refractivity contribution is 0.633. The molecule has 1 nitrogen and oxygen atoms in total. The average molecular weight is 645 g/mol. The summed E-state index contributed by atoms with van der Waals surface area (Å²) in [6.45, 7) is 0. The first-order valence-electron chi connectivity index (χ1n) is 26.1. The minimum Gasteiger partial charge on any atom is -0.455 e. The number of rotatable bonds is 4. The van der Waals surface area contributed by atoms with Crippen molar-refractivity contribution in [1.29, 1.82) is 0 Å². The van der Waals surface area contributed by atoms with Crippen LogP contribution in [-0.4, -0.2) is 0 Å². The van der Waals surface area contributed by atoms with E-state index < -0.39 is 166 Å². The van der Waals surface area contributed by atoms with Crippen LogP contribution in [-0.2, 0) is 0 Å². The van der Waals surface area contributed by atoms with Gasteiger partial charge in [-0.3, -0.25) is 0 Å². The van der Waals surface area contributed by atoms with Crippen molar-refractivity contribution in [2.24, 2.45) is 0 Å². The molecule has 0 spiro atoms. The Balaban J connectivity index is 1.54. The quantitative estimate of drug-likeness (QED) is 0.137. The summed E-state index contributed by atoms with van der Waals surface area (Å²) in [5, 5.41) is -3.03. The van der Waals surface area contributed by atoms with E-state index in [1.54, 1.807) is 30.3 Å². The zero-order chi connectivity index (χ0) is 51.5. The predicted molar refractivity (Wildman–Crippen MR) is 208 cm³/mol. The zero-order valence-electron chi connectivity index (χ0n) is 47.0. The molecule has 49 heavy (non-hydrogen) atoms. The molecule has 0 atom stereocenters. The Hall–Kier alpha value is -6.44. The molecular weight excluding hydrogens is 593 g/mol. The minimum absolute atomic E-state index is 0.00714. The smallest absolute Gasteiger partial charge is 0.143 e. The van der Waals surface area contributed by atoms with Crippen LogP contribution < -0.4 is 0 Å². The highest BCUT2D eigenvalue weighted by Crippen LogP contribution is 2.51. The minimum atomic E-state index is -0.851. The molecule has 1 heterocycles. The summed E-state index contributed by atoms with van der Waals surface area (Å²) in [6.07, 6.45) is 0. The Labute approximate surface area is 315 Å². The second-order valence-electron chi connectivity index (χ2n) is 11.1. The lowest BCUT2D eigenvalue weighted by Crippen LogP contribution is -1.91. The fourth-order valence-corrected chi connectivity index (χ4v) is 6.41. The number of furan rings is 1. The lowest BCUT2D eigenvalue weighted by atomic mass is 9.84. The third-order valence-corrected chi connectivity index (χ3v) is 8.46. The highest BCUT2D eigenvalue weighted by molar-refractivity contribution is 6.25. The van der Waals surface area contributed by atoms with Crippen LogP contribution in [0.5, 0.6) is 0 Å². The van der Waals surface area contributed by atoms with E-state index in [0.29, 0.717) is 5.56 Å². The van der Waals surface area contributed by atoms with E-state index in [-0.39, 0.29) is 60.3 Å². The van der Waals surface area contributed by atoms with Gasteiger partial charge in [0.2, 0.25) is 0 Å². The standard InChI is InChI=1S/C48H30O/c1-3-14-31(15-4-1)38-24-13-25-43-46(47(49-48(38)43)35-28-29-37-34(30-35)27-26-32-16-7-8-19-36(32)37)45-41-22-11-9-20-39(41)44(33-17-5-2-6-18-33)40-21-10-12-23-42(40)45/h1-30H/i1D,3D,4D,7D,8D,9D,10D,11D,12D,14D,15D,16D,19D,20D,21D,22D,23D,26D,27D,28D,29D,30D. The fraction of sp³-hybridized carbons (Fsp3) is 0. The highest BCUT2D eigenvalue weighted by atomic mass is 16.3. The van der Waals surface area contributed by atoms with Gasteiger partial charge in [-0.15, -0.1) is 0 Å². The van der Waals surface area contributed by atoms with Gasteiger partial charge in [0.15, 0.2) is 0 Å². The number of para-hydroxylation sites is 1. The van der Waals surface area contributed by atoms with Crippen LogP contribution >= 0.6 is 0 Å². The van der Waals surface area contributed by atoms with Crippen LogP contribution in [0, 0.1) is 0 Å². The average Bonchev–Trinajstić information content (AvgIpc) is 3.74. The van der Waals surface area contributed by atoms with Gasteiger partial charge in [0.1, 0.15) is 11.3 Å². The number of benzene rings is 9. The molecule has 10 aromatic rings. The summed E-state index contributed by atoms with van der Waals surface area (Å²) >= 11 is 0. The van der Waals surface area contributed by atoms with Crippen LogP contribution in [0.4, 0.5) is 0 Å². The summed E-state index contributed by atoms with van der Waals surface area (Å²) in [5.41, 5.74) is -1.83. The normalized spacial score (nSPS) is 18.0. The third-order valence-electron chi connectivity index (χ3n) is 8.46. The van der Waals surface area contributed by atoms with Crippen LogP contribution in [0.2, 0.25) is 0 Å². The Morgan fingerprint density at radius 2 is 0.980 bits per heavy atom. The molecular formula is C48H30O. The molecule has 1 aromatic heterocycles. The molecule has 0 aliphatic carbocycles. The van der Waals surface area contributed by atoms with Gasteiger partial charge in [-0.2, -0.15) is 0 Å². The molecule has 0 radical (unpaired) electrons. The summed E-state index contributed by atoms with van der Waals surface area (Å²) in [5.74, 6) is -0.582. The lowest BCUT2D eigenvalue weighted by Gasteiger charge is -2.18. The third kappa shape index (κ3) is 4.33. The van der Waals surface area contributed by atoms with Crippen LogP contribution in [0.3, 0.4) is 0 Å². The molecule has 0 fully saturated rings. The molecule has 228 valence electrons. The molecule has 0 amide bonds. The molecule has 0 aliphatic rings. The van der Waals surface area contributed by atoms with E-state index >= 15 is 0 Å². The van der Waals surface area contributed by atoms with Gasteiger partial charge < -0.3 is 4.42 Å². The zero-order valence-corrected chi connectivity index (χ0v) is 25.0.